The first-order valence-electron chi connectivity index (χ1n) is 9.05. The maximum absolute atomic E-state index is 13.7. The standard InChI is InChI=1S/C21H29FNO3P/c1-6-9-21(2,17-11-16(25-4)12-18(26-5)20(17)24)27-19-8-7-15(22)10-14(19)13-23-3/h7-8,10-12,23-24,27H,6,9,13H2,1-5H3. The van der Waals surface area contributed by atoms with Crippen LogP contribution < -0.4 is 20.1 Å². The molecule has 148 valence electrons. The summed E-state index contributed by atoms with van der Waals surface area (Å²) in [4.78, 5) is 0. The molecule has 4 nitrogen and oxygen atoms in total. The van der Waals surface area contributed by atoms with E-state index in [4.69, 9.17) is 9.47 Å². The summed E-state index contributed by atoms with van der Waals surface area (Å²) in [5.41, 5.74) is 1.73. The molecular weight excluding hydrogens is 364 g/mol. The summed E-state index contributed by atoms with van der Waals surface area (Å²) in [7, 11) is 5.33. The van der Waals surface area contributed by atoms with E-state index in [-0.39, 0.29) is 16.7 Å². The predicted octanol–water partition coefficient (Wildman–Crippen LogP) is 4.29. The van der Waals surface area contributed by atoms with Crippen molar-refractivity contribution in [1.82, 2.24) is 5.32 Å². The van der Waals surface area contributed by atoms with Crippen molar-refractivity contribution in [2.45, 2.75) is 38.4 Å². The highest BCUT2D eigenvalue weighted by Crippen LogP contribution is 2.51. The number of rotatable bonds is 9. The average Bonchev–Trinajstić information content (AvgIpc) is 2.64. The molecule has 0 aliphatic rings. The Kier molecular flexibility index (Phi) is 7.46. The van der Waals surface area contributed by atoms with Crippen molar-refractivity contribution in [3.05, 3.63) is 47.3 Å². The molecule has 0 aliphatic carbocycles. The first-order valence-corrected chi connectivity index (χ1v) is 10.0. The van der Waals surface area contributed by atoms with E-state index in [0.717, 1.165) is 29.3 Å². The number of methoxy groups -OCH3 is 2. The zero-order valence-corrected chi connectivity index (χ0v) is 17.6. The topological polar surface area (TPSA) is 50.7 Å². The van der Waals surface area contributed by atoms with Crippen molar-refractivity contribution in [3.63, 3.8) is 0 Å². The van der Waals surface area contributed by atoms with E-state index >= 15 is 0 Å². The molecule has 6 heteroatoms. The van der Waals surface area contributed by atoms with Gasteiger partial charge in [-0.1, -0.05) is 34.9 Å². The van der Waals surface area contributed by atoms with Crippen molar-refractivity contribution in [2.24, 2.45) is 0 Å². The molecule has 0 amide bonds. The largest absolute Gasteiger partial charge is 0.504 e. The quantitative estimate of drug-likeness (QED) is 0.624. The van der Waals surface area contributed by atoms with Crippen LogP contribution in [-0.2, 0) is 11.7 Å². The van der Waals surface area contributed by atoms with Gasteiger partial charge in [-0.05, 0) is 42.5 Å². The van der Waals surface area contributed by atoms with E-state index in [0.29, 0.717) is 26.6 Å². The molecule has 0 saturated carbocycles. The Morgan fingerprint density at radius 3 is 2.52 bits per heavy atom. The number of hydrogen-bond donors (Lipinski definition) is 2. The van der Waals surface area contributed by atoms with E-state index in [1.807, 2.05) is 19.2 Å². The lowest BCUT2D eigenvalue weighted by Gasteiger charge is -2.32. The molecule has 0 spiro atoms. The second-order valence-corrected chi connectivity index (χ2v) is 8.66. The maximum Gasteiger partial charge on any atom is 0.164 e. The lowest BCUT2D eigenvalue weighted by Crippen LogP contribution is -2.23. The molecule has 2 unspecified atom stereocenters. The van der Waals surface area contributed by atoms with Crippen LogP contribution in [0.4, 0.5) is 4.39 Å². The van der Waals surface area contributed by atoms with E-state index < -0.39 is 0 Å². The van der Waals surface area contributed by atoms with Gasteiger partial charge in [-0.25, -0.2) is 4.39 Å². The summed E-state index contributed by atoms with van der Waals surface area (Å²) in [6, 6.07) is 8.49. The van der Waals surface area contributed by atoms with Gasteiger partial charge in [-0.3, -0.25) is 0 Å². The van der Waals surface area contributed by atoms with E-state index in [1.54, 1.807) is 19.2 Å². The molecule has 2 N–H and O–H groups in total. The zero-order chi connectivity index (χ0) is 20.0. The molecule has 2 rings (SSSR count). The number of aromatic hydroxyl groups is 1. The Balaban J connectivity index is 2.56. The summed E-state index contributed by atoms with van der Waals surface area (Å²) < 4.78 is 24.5. The van der Waals surface area contributed by atoms with Crippen LogP contribution in [0.3, 0.4) is 0 Å². The fourth-order valence-corrected chi connectivity index (χ4v) is 5.14. The van der Waals surface area contributed by atoms with Gasteiger partial charge in [-0.2, -0.15) is 0 Å². The molecule has 0 aliphatic heterocycles. The first-order chi connectivity index (χ1) is 12.9. The summed E-state index contributed by atoms with van der Waals surface area (Å²) >= 11 is 0. The minimum atomic E-state index is -0.332. The highest BCUT2D eigenvalue weighted by atomic mass is 31.1. The highest BCUT2D eigenvalue weighted by molar-refractivity contribution is 7.48. The number of ether oxygens (including phenoxy) is 2. The fraction of sp³-hybridized carbons (Fsp3) is 0.429. The molecule has 0 aromatic heterocycles. The average molecular weight is 393 g/mol. The van der Waals surface area contributed by atoms with Crippen LogP contribution >= 0.6 is 8.58 Å². The molecule has 0 bridgehead atoms. The van der Waals surface area contributed by atoms with E-state index in [9.17, 15) is 9.50 Å². The maximum atomic E-state index is 13.7. The Labute approximate surface area is 162 Å². The van der Waals surface area contributed by atoms with Crippen LogP contribution in [-0.4, -0.2) is 26.4 Å². The predicted molar refractivity (Wildman–Crippen MR) is 111 cm³/mol. The Bertz CT molecular complexity index is 784. The monoisotopic (exact) mass is 393 g/mol. The van der Waals surface area contributed by atoms with Crippen LogP contribution in [0.15, 0.2) is 30.3 Å². The third-order valence-corrected chi connectivity index (χ3v) is 6.52. The minimum absolute atomic E-state index is 0.138. The molecular formula is C21H29FNO3P. The van der Waals surface area contributed by atoms with Crippen molar-refractivity contribution >= 4 is 13.9 Å². The third kappa shape index (κ3) is 4.91. The van der Waals surface area contributed by atoms with Crippen molar-refractivity contribution in [3.8, 4) is 17.2 Å². The van der Waals surface area contributed by atoms with Crippen molar-refractivity contribution in [2.75, 3.05) is 21.3 Å². The van der Waals surface area contributed by atoms with Gasteiger partial charge in [0.2, 0.25) is 0 Å². The molecule has 0 radical (unpaired) electrons. The van der Waals surface area contributed by atoms with E-state index in [1.165, 1.54) is 13.2 Å². The van der Waals surface area contributed by atoms with Crippen LogP contribution in [0.5, 0.6) is 17.2 Å². The summed E-state index contributed by atoms with van der Waals surface area (Å²) in [5, 5.41) is 14.7. The Hall–Kier alpha value is -1.84. The number of phenols is 1. The second kappa shape index (κ2) is 9.38. The van der Waals surface area contributed by atoms with Gasteiger partial charge in [0.25, 0.3) is 0 Å². The van der Waals surface area contributed by atoms with Crippen LogP contribution in [0.25, 0.3) is 0 Å². The van der Waals surface area contributed by atoms with Gasteiger partial charge in [0.15, 0.2) is 11.5 Å². The fourth-order valence-electron chi connectivity index (χ4n) is 3.36. The van der Waals surface area contributed by atoms with Gasteiger partial charge < -0.3 is 19.9 Å². The SMILES string of the molecule is CCCC(C)(Pc1ccc(F)cc1CNC)c1cc(OC)cc(OC)c1O. The lowest BCUT2D eigenvalue weighted by molar-refractivity contribution is 0.357. The molecule has 2 aromatic carbocycles. The van der Waals surface area contributed by atoms with Gasteiger partial charge in [0.05, 0.1) is 14.2 Å². The summed E-state index contributed by atoms with van der Waals surface area (Å²) in [5.74, 6) is 0.934. The molecule has 0 fully saturated rings. The molecule has 2 atom stereocenters. The minimum Gasteiger partial charge on any atom is -0.504 e. The molecule has 0 saturated heterocycles. The first kappa shape index (κ1) is 21.5. The normalized spacial score (nSPS) is 13.7. The van der Waals surface area contributed by atoms with Crippen LogP contribution in [0.1, 0.15) is 37.8 Å². The van der Waals surface area contributed by atoms with Crippen molar-refractivity contribution in [1.29, 1.82) is 0 Å². The highest BCUT2D eigenvalue weighted by Gasteiger charge is 2.32. The lowest BCUT2D eigenvalue weighted by atomic mass is 9.93. The number of nitrogens with one attached hydrogen (secondary N) is 1. The zero-order valence-electron chi connectivity index (χ0n) is 16.6. The number of phenolic OH excluding ortho intramolecular Hbond substituents is 1. The number of halogens is 1. The summed E-state index contributed by atoms with van der Waals surface area (Å²) in [6.07, 6.45) is 1.82. The smallest absolute Gasteiger partial charge is 0.164 e. The molecule has 2 aromatic rings. The third-order valence-electron chi connectivity index (χ3n) is 4.69. The van der Waals surface area contributed by atoms with Gasteiger partial charge in [-0.15, -0.1) is 0 Å². The molecule has 27 heavy (non-hydrogen) atoms. The van der Waals surface area contributed by atoms with E-state index in [2.05, 4.69) is 19.2 Å². The number of hydrogen-bond acceptors (Lipinski definition) is 4. The number of benzene rings is 2. The van der Waals surface area contributed by atoms with Gasteiger partial charge in [0.1, 0.15) is 11.6 Å². The second-order valence-electron chi connectivity index (χ2n) is 6.76. The summed E-state index contributed by atoms with van der Waals surface area (Å²) in [6.45, 7) is 4.85. The van der Waals surface area contributed by atoms with Gasteiger partial charge >= 0.3 is 0 Å². The van der Waals surface area contributed by atoms with Crippen LogP contribution in [0.2, 0.25) is 0 Å². The van der Waals surface area contributed by atoms with Crippen LogP contribution in [0, 0.1) is 5.82 Å². The Morgan fingerprint density at radius 2 is 1.93 bits per heavy atom. The van der Waals surface area contributed by atoms with Crippen molar-refractivity contribution < 1.29 is 19.0 Å². The Morgan fingerprint density at radius 1 is 1.19 bits per heavy atom. The van der Waals surface area contributed by atoms with Gasteiger partial charge in [0, 0.05) is 23.3 Å². The molecule has 0 heterocycles.